The smallest absolute Gasteiger partial charge is 0.463 e. The second-order valence-corrected chi connectivity index (χ2v) is 2.62. The van der Waals surface area contributed by atoms with Crippen molar-refractivity contribution < 1.29 is 22.3 Å². The number of hydrogen-bond acceptors (Lipinski definition) is 3. The van der Waals surface area contributed by atoms with Crippen LogP contribution in [0.2, 0.25) is 0 Å². The maximum absolute atomic E-state index is 11.9. The van der Waals surface area contributed by atoms with Crippen molar-refractivity contribution in [1.29, 1.82) is 0 Å². The van der Waals surface area contributed by atoms with Crippen LogP contribution in [0.15, 0.2) is 29.0 Å². The summed E-state index contributed by atoms with van der Waals surface area (Å²) in [5, 5.41) is 5.87. The Kier molecular flexibility index (Phi) is 2.14. The van der Waals surface area contributed by atoms with Crippen LogP contribution in [0.1, 0.15) is 0 Å². The van der Waals surface area contributed by atoms with Crippen molar-refractivity contribution in [2.75, 3.05) is 0 Å². The summed E-state index contributed by atoms with van der Waals surface area (Å²) in [6.07, 6.45) is -2.40. The van der Waals surface area contributed by atoms with Gasteiger partial charge in [-0.25, -0.2) is 0 Å². The van der Waals surface area contributed by atoms with Gasteiger partial charge in [-0.15, -0.1) is 13.2 Å². The van der Waals surface area contributed by atoms with E-state index in [1.807, 2.05) is 0 Å². The third kappa shape index (κ3) is 2.12. The van der Waals surface area contributed by atoms with Crippen LogP contribution >= 0.6 is 0 Å². The molecule has 0 saturated carbocycles. The van der Waals surface area contributed by atoms with Crippen LogP contribution < -0.4 is 4.74 Å². The van der Waals surface area contributed by atoms with E-state index in [9.17, 15) is 13.2 Å². The Balaban J connectivity index is 2.31. The molecule has 2 aromatic rings. The van der Waals surface area contributed by atoms with Gasteiger partial charge in [-0.2, -0.15) is 5.10 Å². The summed E-state index contributed by atoms with van der Waals surface area (Å²) >= 11 is 0. The third-order valence-electron chi connectivity index (χ3n) is 1.59. The molecule has 4 nitrogen and oxygen atoms in total. The van der Waals surface area contributed by atoms with Gasteiger partial charge < -0.3 is 9.15 Å². The zero-order valence-corrected chi connectivity index (χ0v) is 7.21. The predicted octanol–water partition coefficient (Wildman–Crippen LogP) is 2.57. The summed E-state index contributed by atoms with van der Waals surface area (Å²) in [5.41, 5.74) is -0.0164. The molecule has 0 aliphatic carbocycles. The van der Waals surface area contributed by atoms with Crippen LogP contribution in [0.25, 0.3) is 11.5 Å². The lowest BCUT2D eigenvalue weighted by Crippen LogP contribution is -2.17. The maximum Gasteiger partial charge on any atom is 0.573 e. The van der Waals surface area contributed by atoms with E-state index in [1.54, 1.807) is 6.07 Å². The van der Waals surface area contributed by atoms with Crippen molar-refractivity contribution in [1.82, 2.24) is 10.2 Å². The van der Waals surface area contributed by atoms with Gasteiger partial charge >= 0.3 is 6.36 Å². The summed E-state index contributed by atoms with van der Waals surface area (Å²) in [6, 6.07) is 3.03. The summed E-state index contributed by atoms with van der Waals surface area (Å²) in [7, 11) is 0. The molecule has 0 aliphatic heterocycles. The molecule has 80 valence electrons. The molecule has 0 fully saturated rings. The van der Waals surface area contributed by atoms with Crippen molar-refractivity contribution in [2.24, 2.45) is 0 Å². The number of ether oxygens (including phenoxy) is 1. The number of nitrogens with zero attached hydrogens (tertiary/aromatic N) is 1. The predicted molar refractivity (Wildman–Crippen MR) is 43.0 cm³/mol. The first-order valence-electron chi connectivity index (χ1n) is 3.89. The standard InChI is InChI=1S/C8H5F3N2O2/c9-8(10,11)15-6-4-12-13-7(6)5-2-1-3-14-5/h1-4H,(H,12,13). The van der Waals surface area contributed by atoms with Gasteiger partial charge in [0, 0.05) is 0 Å². The summed E-state index contributed by atoms with van der Waals surface area (Å²) in [5.74, 6) is -0.215. The Morgan fingerprint density at radius 2 is 2.20 bits per heavy atom. The number of nitrogens with one attached hydrogen (secondary N) is 1. The lowest BCUT2D eigenvalue weighted by atomic mass is 10.3. The Morgan fingerprint density at radius 3 is 2.80 bits per heavy atom. The minimum Gasteiger partial charge on any atom is -0.463 e. The van der Waals surface area contributed by atoms with Crippen molar-refractivity contribution in [3.8, 4) is 17.2 Å². The average Bonchev–Trinajstić information content (AvgIpc) is 2.68. The minimum atomic E-state index is -4.74. The molecule has 0 amide bonds. The molecule has 15 heavy (non-hydrogen) atoms. The number of halogens is 3. The SMILES string of the molecule is FC(F)(F)Oc1c[nH]nc1-c1ccco1. The molecule has 0 atom stereocenters. The maximum atomic E-state index is 11.9. The Labute approximate surface area is 81.7 Å². The fourth-order valence-corrected chi connectivity index (χ4v) is 1.07. The molecule has 2 rings (SSSR count). The molecule has 2 aromatic heterocycles. The number of aromatic nitrogens is 2. The van der Waals surface area contributed by atoms with Crippen molar-refractivity contribution >= 4 is 0 Å². The number of hydrogen-bond donors (Lipinski definition) is 1. The van der Waals surface area contributed by atoms with Crippen LogP contribution in [0.5, 0.6) is 5.75 Å². The highest BCUT2D eigenvalue weighted by molar-refractivity contribution is 5.59. The number of aromatic amines is 1. The molecule has 1 N–H and O–H groups in total. The molecule has 0 aliphatic rings. The van der Waals surface area contributed by atoms with E-state index >= 15 is 0 Å². The first kappa shape index (κ1) is 9.63. The van der Waals surface area contributed by atoms with Crippen LogP contribution in [0, 0.1) is 0 Å². The second kappa shape index (κ2) is 3.34. The highest BCUT2D eigenvalue weighted by Crippen LogP contribution is 2.31. The first-order valence-corrected chi connectivity index (χ1v) is 3.89. The van der Waals surface area contributed by atoms with Crippen LogP contribution in [-0.2, 0) is 0 Å². The minimum absolute atomic E-state index is 0.0164. The number of rotatable bonds is 2. The van der Waals surface area contributed by atoms with E-state index in [0.29, 0.717) is 0 Å². The van der Waals surface area contributed by atoms with Crippen molar-refractivity contribution in [3.05, 3.63) is 24.6 Å². The molecular weight excluding hydrogens is 213 g/mol. The van der Waals surface area contributed by atoms with E-state index in [1.165, 1.54) is 12.3 Å². The topological polar surface area (TPSA) is 51.0 Å². The molecule has 0 unspecified atom stereocenters. The van der Waals surface area contributed by atoms with Gasteiger partial charge in [0.05, 0.1) is 12.5 Å². The van der Waals surface area contributed by atoms with Crippen LogP contribution in [0.3, 0.4) is 0 Å². The van der Waals surface area contributed by atoms with Gasteiger partial charge in [0.1, 0.15) is 0 Å². The molecule has 7 heteroatoms. The van der Waals surface area contributed by atoms with Gasteiger partial charge in [-0.1, -0.05) is 0 Å². The molecule has 0 bridgehead atoms. The quantitative estimate of drug-likeness (QED) is 0.842. The molecule has 0 saturated heterocycles. The highest BCUT2D eigenvalue weighted by Gasteiger charge is 2.33. The van der Waals surface area contributed by atoms with E-state index in [2.05, 4.69) is 14.9 Å². The van der Waals surface area contributed by atoms with E-state index < -0.39 is 12.1 Å². The molecular formula is C8H5F3N2O2. The largest absolute Gasteiger partial charge is 0.573 e. The van der Waals surface area contributed by atoms with Crippen LogP contribution in [-0.4, -0.2) is 16.6 Å². The Morgan fingerprint density at radius 1 is 1.40 bits per heavy atom. The number of H-pyrrole nitrogens is 1. The van der Waals surface area contributed by atoms with Crippen LogP contribution in [0.4, 0.5) is 13.2 Å². The lowest BCUT2D eigenvalue weighted by Gasteiger charge is -2.06. The molecule has 0 radical (unpaired) electrons. The number of alkyl halides is 3. The van der Waals surface area contributed by atoms with E-state index in [-0.39, 0.29) is 11.5 Å². The van der Waals surface area contributed by atoms with E-state index in [4.69, 9.17) is 4.42 Å². The zero-order chi connectivity index (χ0) is 10.9. The zero-order valence-electron chi connectivity index (χ0n) is 7.21. The molecule has 2 heterocycles. The first-order chi connectivity index (χ1) is 7.06. The van der Waals surface area contributed by atoms with Gasteiger partial charge in [0.25, 0.3) is 0 Å². The van der Waals surface area contributed by atoms with Crippen molar-refractivity contribution in [3.63, 3.8) is 0 Å². The van der Waals surface area contributed by atoms with Gasteiger partial charge in [-0.3, -0.25) is 5.10 Å². The fraction of sp³-hybridized carbons (Fsp3) is 0.125. The summed E-state index contributed by atoms with van der Waals surface area (Å²) in [4.78, 5) is 0. The van der Waals surface area contributed by atoms with Gasteiger partial charge in [0.15, 0.2) is 17.2 Å². The molecule has 0 aromatic carbocycles. The number of furan rings is 1. The summed E-state index contributed by atoms with van der Waals surface area (Å²) < 4.78 is 44.5. The normalized spacial score (nSPS) is 11.7. The fourth-order valence-electron chi connectivity index (χ4n) is 1.07. The highest BCUT2D eigenvalue weighted by atomic mass is 19.4. The van der Waals surface area contributed by atoms with Crippen molar-refractivity contribution in [2.45, 2.75) is 6.36 Å². The Bertz CT molecular complexity index is 433. The Hall–Kier alpha value is -1.92. The lowest BCUT2D eigenvalue weighted by molar-refractivity contribution is -0.274. The summed E-state index contributed by atoms with van der Waals surface area (Å²) in [6.45, 7) is 0. The monoisotopic (exact) mass is 218 g/mol. The molecule has 0 spiro atoms. The van der Waals surface area contributed by atoms with E-state index in [0.717, 1.165) is 6.20 Å². The van der Waals surface area contributed by atoms with Gasteiger partial charge in [0.2, 0.25) is 0 Å². The second-order valence-electron chi connectivity index (χ2n) is 2.62. The van der Waals surface area contributed by atoms with Gasteiger partial charge in [-0.05, 0) is 12.1 Å². The third-order valence-corrected chi connectivity index (χ3v) is 1.59. The average molecular weight is 218 g/mol.